The van der Waals surface area contributed by atoms with Crippen LogP contribution in [0.1, 0.15) is 18.9 Å². The van der Waals surface area contributed by atoms with Gasteiger partial charge in [-0.05, 0) is 30.0 Å². The average molecular weight is 218 g/mol. The molecule has 1 aliphatic rings. The second kappa shape index (κ2) is 5.66. The van der Waals surface area contributed by atoms with Crippen LogP contribution in [0, 0.1) is 0 Å². The molecule has 1 aliphatic heterocycles. The van der Waals surface area contributed by atoms with Crippen molar-refractivity contribution in [2.24, 2.45) is 0 Å². The summed E-state index contributed by atoms with van der Waals surface area (Å²) in [5.74, 6) is 0.997. The lowest BCUT2D eigenvalue weighted by molar-refractivity contribution is 0.150. The van der Waals surface area contributed by atoms with E-state index >= 15 is 0 Å². The number of hydrogen-bond acceptors (Lipinski definition) is 3. The van der Waals surface area contributed by atoms with Gasteiger partial charge in [0.1, 0.15) is 5.82 Å². The lowest BCUT2D eigenvalue weighted by Crippen LogP contribution is -2.15. The molecule has 0 bridgehead atoms. The zero-order valence-corrected chi connectivity index (χ0v) is 9.70. The van der Waals surface area contributed by atoms with E-state index in [1.54, 1.807) is 0 Å². The predicted molar refractivity (Wildman–Crippen MR) is 65.6 cm³/mol. The molecule has 0 aromatic carbocycles. The third-order valence-electron chi connectivity index (χ3n) is 2.74. The zero-order chi connectivity index (χ0) is 11.2. The predicted octanol–water partition coefficient (Wildman–Crippen LogP) is 2.40. The number of aryl methyl sites for hydroxylation is 1. The van der Waals surface area contributed by atoms with Gasteiger partial charge in [0.25, 0.3) is 0 Å². The molecule has 2 heterocycles. The Morgan fingerprint density at radius 1 is 1.50 bits per heavy atom. The first-order valence-corrected chi connectivity index (χ1v) is 5.83. The maximum Gasteiger partial charge on any atom is 0.129 e. The molecule has 1 aromatic rings. The Labute approximate surface area is 96.5 Å². The SMILES string of the molecule is CCc1cccnc1NCC1=CCCOC1. The van der Waals surface area contributed by atoms with Crippen LogP contribution >= 0.6 is 0 Å². The van der Waals surface area contributed by atoms with E-state index in [9.17, 15) is 0 Å². The first-order chi connectivity index (χ1) is 7.90. The van der Waals surface area contributed by atoms with Crippen LogP contribution in [0.4, 0.5) is 5.82 Å². The molecule has 3 nitrogen and oxygen atoms in total. The molecule has 0 saturated heterocycles. The highest BCUT2D eigenvalue weighted by Gasteiger charge is 2.05. The molecule has 0 radical (unpaired) electrons. The molecule has 86 valence electrons. The molecule has 0 fully saturated rings. The van der Waals surface area contributed by atoms with Crippen molar-refractivity contribution in [3.63, 3.8) is 0 Å². The molecule has 3 heteroatoms. The summed E-state index contributed by atoms with van der Waals surface area (Å²) in [5, 5.41) is 3.37. The highest BCUT2D eigenvalue weighted by Crippen LogP contribution is 2.13. The van der Waals surface area contributed by atoms with Crippen LogP contribution in [0.2, 0.25) is 0 Å². The average Bonchev–Trinajstić information content (AvgIpc) is 2.38. The van der Waals surface area contributed by atoms with Crippen LogP contribution in [0.25, 0.3) is 0 Å². The van der Waals surface area contributed by atoms with E-state index in [0.29, 0.717) is 0 Å². The first-order valence-electron chi connectivity index (χ1n) is 5.83. The molecule has 1 N–H and O–H groups in total. The van der Waals surface area contributed by atoms with Gasteiger partial charge in [-0.3, -0.25) is 0 Å². The Morgan fingerprint density at radius 3 is 3.19 bits per heavy atom. The van der Waals surface area contributed by atoms with E-state index in [0.717, 1.165) is 38.4 Å². The second-order valence-corrected chi connectivity index (χ2v) is 3.92. The Bertz CT molecular complexity index is 374. The van der Waals surface area contributed by atoms with Crippen LogP contribution in [-0.2, 0) is 11.2 Å². The fourth-order valence-corrected chi connectivity index (χ4v) is 1.81. The minimum atomic E-state index is 0.751. The molecule has 0 saturated carbocycles. The lowest BCUT2D eigenvalue weighted by atomic mass is 10.1. The van der Waals surface area contributed by atoms with Gasteiger partial charge < -0.3 is 10.1 Å². The van der Waals surface area contributed by atoms with Crippen LogP contribution < -0.4 is 5.32 Å². The molecule has 0 amide bonds. The Balaban J connectivity index is 1.96. The Kier molecular flexibility index (Phi) is 3.94. The van der Waals surface area contributed by atoms with Gasteiger partial charge in [0, 0.05) is 12.7 Å². The topological polar surface area (TPSA) is 34.2 Å². The van der Waals surface area contributed by atoms with Gasteiger partial charge in [0.15, 0.2) is 0 Å². The molecule has 16 heavy (non-hydrogen) atoms. The number of anilines is 1. The summed E-state index contributed by atoms with van der Waals surface area (Å²) >= 11 is 0. The summed E-state index contributed by atoms with van der Waals surface area (Å²) in [6, 6.07) is 4.09. The monoisotopic (exact) mass is 218 g/mol. The first kappa shape index (κ1) is 11.1. The fourth-order valence-electron chi connectivity index (χ4n) is 1.81. The van der Waals surface area contributed by atoms with Crippen LogP contribution in [0.3, 0.4) is 0 Å². The van der Waals surface area contributed by atoms with E-state index in [4.69, 9.17) is 4.74 Å². The smallest absolute Gasteiger partial charge is 0.129 e. The number of aromatic nitrogens is 1. The highest BCUT2D eigenvalue weighted by atomic mass is 16.5. The Hall–Kier alpha value is -1.35. The van der Waals surface area contributed by atoms with Gasteiger partial charge >= 0.3 is 0 Å². The van der Waals surface area contributed by atoms with Gasteiger partial charge in [0.05, 0.1) is 13.2 Å². The number of ether oxygens (including phenoxy) is 1. The largest absolute Gasteiger partial charge is 0.377 e. The number of pyridine rings is 1. The van der Waals surface area contributed by atoms with E-state index in [1.807, 2.05) is 12.3 Å². The van der Waals surface area contributed by atoms with Crippen molar-refractivity contribution in [1.82, 2.24) is 4.98 Å². The lowest BCUT2D eigenvalue weighted by Gasteiger charge is -2.15. The summed E-state index contributed by atoms with van der Waals surface area (Å²) in [7, 11) is 0. The van der Waals surface area contributed by atoms with Gasteiger partial charge in [-0.25, -0.2) is 4.98 Å². The van der Waals surface area contributed by atoms with Crippen molar-refractivity contribution < 1.29 is 4.74 Å². The molecule has 0 spiro atoms. The molecule has 0 atom stereocenters. The third kappa shape index (κ3) is 2.83. The third-order valence-corrected chi connectivity index (χ3v) is 2.74. The van der Waals surface area contributed by atoms with E-state index in [-0.39, 0.29) is 0 Å². The zero-order valence-electron chi connectivity index (χ0n) is 9.70. The minimum absolute atomic E-state index is 0.751. The Morgan fingerprint density at radius 2 is 2.44 bits per heavy atom. The van der Waals surface area contributed by atoms with Crippen molar-refractivity contribution in [2.45, 2.75) is 19.8 Å². The number of hydrogen-bond donors (Lipinski definition) is 1. The molecule has 2 rings (SSSR count). The summed E-state index contributed by atoms with van der Waals surface area (Å²) in [6.45, 7) is 4.59. The normalized spacial score (nSPS) is 15.7. The minimum Gasteiger partial charge on any atom is -0.377 e. The summed E-state index contributed by atoms with van der Waals surface area (Å²) in [6.07, 6.45) is 6.11. The van der Waals surface area contributed by atoms with Crippen molar-refractivity contribution in [3.8, 4) is 0 Å². The summed E-state index contributed by atoms with van der Waals surface area (Å²) < 4.78 is 5.40. The van der Waals surface area contributed by atoms with Gasteiger partial charge in [-0.15, -0.1) is 0 Å². The van der Waals surface area contributed by atoms with Crippen molar-refractivity contribution in [1.29, 1.82) is 0 Å². The number of nitrogens with zero attached hydrogens (tertiary/aromatic N) is 1. The highest BCUT2D eigenvalue weighted by molar-refractivity contribution is 5.44. The van der Waals surface area contributed by atoms with Crippen LogP contribution in [0.5, 0.6) is 0 Å². The fraction of sp³-hybridized carbons (Fsp3) is 0.462. The van der Waals surface area contributed by atoms with Crippen molar-refractivity contribution in [2.75, 3.05) is 25.1 Å². The summed E-state index contributed by atoms with van der Waals surface area (Å²) in [4.78, 5) is 4.35. The van der Waals surface area contributed by atoms with Crippen molar-refractivity contribution >= 4 is 5.82 Å². The molecule has 0 unspecified atom stereocenters. The quantitative estimate of drug-likeness (QED) is 0.788. The van der Waals surface area contributed by atoms with E-state index in [2.05, 4.69) is 29.4 Å². The van der Waals surface area contributed by atoms with Crippen molar-refractivity contribution in [3.05, 3.63) is 35.5 Å². The van der Waals surface area contributed by atoms with Crippen LogP contribution in [-0.4, -0.2) is 24.7 Å². The van der Waals surface area contributed by atoms with E-state index in [1.165, 1.54) is 11.1 Å². The molecule has 0 aliphatic carbocycles. The van der Waals surface area contributed by atoms with Gasteiger partial charge in [-0.1, -0.05) is 19.1 Å². The standard InChI is InChI=1S/C13H18N2O/c1-2-12-6-3-7-14-13(12)15-9-11-5-4-8-16-10-11/h3,5-7H,2,4,8-10H2,1H3,(H,14,15). The second-order valence-electron chi connectivity index (χ2n) is 3.92. The number of nitrogens with one attached hydrogen (secondary N) is 1. The molecular weight excluding hydrogens is 200 g/mol. The van der Waals surface area contributed by atoms with E-state index < -0.39 is 0 Å². The molecule has 1 aromatic heterocycles. The maximum atomic E-state index is 5.40. The van der Waals surface area contributed by atoms with Gasteiger partial charge in [0.2, 0.25) is 0 Å². The maximum absolute atomic E-state index is 5.40. The van der Waals surface area contributed by atoms with Crippen LogP contribution in [0.15, 0.2) is 30.0 Å². The number of rotatable bonds is 4. The molecular formula is C13H18N2O. The summed E-state index contributed by atoms with van der Waals surface area (Å²) in [5.41, 5.74) is 2.58. The van der Waals surface area contributed by atoms with Gasteiger partial charge in [-0.2, -0.15) is 0 Å².